The lowest BCUT2D eigenvalue weighted by Crippen LogP contribution is -2.37. The number of aliphatic hydroxyl groups excluding tert-OH is 1. The Labute approximate surface area is 223 Å². The predicted octanol–water partition coefficient (Wildman–Crippen LogP) is 6.37. The third kappa shape index (κ3) is 3.97. The van der Waals surface area contributed by atoms with Crippen LogP contribution in [0.5, 0.6) is 0 Å². The number of carboxylic acids is 1. The minimum absolute atomic E-state index is 0.223. The molecule has 2 N–H and O–H groups in total. The van der Waals surface area contributed by atoms with Crippen molar-refractivity contribution in [2.75, 3.05) is 13.1 Å². The molecular formula is C32H37N3O3. The molecule has 3 aliphatic rings. The molecule has 1 saturated heterocycles. The largest absolute Gasteiger partial charge is 0.478 e. The molecule has 6 heteroatoms. The number of benzene rings is 2. The van der Waals surface area contributed by atoms with E-state index < -0.39 is 5.97 Å². The molecule has 4 aromatic rings. The summed E-state index contributed by atoms with van der Waals surface area (Å²) in [6, 6.07) is 12.5. The highest BCUT2D eigenvalue weighted by Crippen LogP contribution is 2.47. The Kier molecular flexibility index (Phi) is 6.05. The quantitative estimate of drug-likeness (QED) is 0.334. The first-order chi connectivity index (χ1) is 18.6. The van der Waals surface area contributed by atoms with Crippen LogP contribution in [0, 0.1) is 0 Å². The molecule has 1 aliphatic carbocycles. The number of piperidine rings is 1. The molecule has 0 bridgehead atoms. The molecule has 0 amide bonds. The number of β-amino-alcohol motifs (C(OH)–C–C–N with tert-alkyl or cyclic N) is 1. The summed E-state index contributed by atoms with van der Waals surface area (Å²) in [7, 11) is 0. The van der Waals surface area contributed by atoms with Crippen molar-refractivity contribution in [3.8, 4) is 11.3 Å². The van der Waals surface area contributed by atoms with Gasteiger partial charge in [0, 0.05) is 54.2 Å². The number of nitrogens with zero attached hydrogens (tertiary/aromatic N) is 3. The fourth-order valence-corrected chi connectivity index (χ4v) is 7.58. The Hall–Kier alpha value is -3.09. The summed E-state index contributed by atoms with van der Waals surface area (Å²) < 4.78 is 4.91. The molecule has 7 rings (SSSR count). The van der Waals surface area contributed by atoms with E-state index >= 15 is 0 Å². The van der Waals surface area contributed by atoms with Crippen LogP contribution in [0.15, 0.2) is 42.6 Å². The molecular weight excluding hydrogens is 474 g/mol. The first kappa shape index (κ1) is 24.0. The van der Waals surface area contributed by atoms with Gasteiger partial charge in [0.15, 0.2) is 0 Å². The van der Waals surface area contributed by atoms with Gasteiger partial charge in [0.1, 0.15) is 0 Å². The van der Waals surface area contributed by atoms with E-state index in [-0.39, 0.29) is 6.10 Å². The molecule has 198 valence electrons. The number of hydrogen-bond donors (Lipinski definition) is 2. The van der Waals surface area contributed by atoms with Gasteiger partial charge in [-0.05, 0) is 67.8 Å². The lowest BCUT2D eigenvalue weighted by molar-refractivity contribution is 0.0669. The molecule has 1 unspecified atom stereocenters. The minimum Gasteiger partial charge on any atom is -0.478 e. The van der Waals surface area contributed by atoms with Crippen molar-refractivity contribution in [2.45, 2.75) is 83.0 Å². The van der Waals surface area contributed by atoms with Crippen LogP contribution in [0.4, 0.5) is 0 Å². The number of likely N-dealkylation sites (tertiary alicyclic amines) is 1. The van der Waals surface area contributed by atoms with Gasteiger partial charge in [-0.1, -0.05) is 43.5 Å². The second kappa shape index (κ2) is 9.58. The maximum Gasteiger partial charge on any atom is 0.335 e. The number of para-hydroxylation sites is 1. The number of carboxylic acid groups (broad SMARTS) is 1. The molecule has 38 heavy (non-hydrogen) atoms. The molecule has 4 heterocycles. The fraction of sp³-hybridized carbons (Fsp3) is 0.469. The number of rotatable bonds is 4. The van der Waals surface area contributed by atoms with E-state index in [4.69, 9.17) is 0 Å². The molecule has 0 radical (unpaired) electrons. The van der Waals surface area contributed by atoms with Crippen molar-refractivity contribution in [1.82, 2.24) is 14.0 Å². The third-order valence-corrected chi connectivity index (χ3v) is 9.26. The fourth-order valence-electron chi connectivity index (χ4n) is 7.58. The zero-order chi connectivity index (χ0) is 25.8. The van der Waals surface area contributed by atoms with Gasteiger partial charge in [0.25, 0.3) is 0 Å². The van der Waals surface area contributed by atoms with E-state index in [0.29, 0.717) is 11.5 Å². The summed E-state index contributed by atoms with van der Waals surface area (Å²) in [5, 5.41) is 22.6. The number of aryl methyl sites for hydroxylation is 2. The maximum atomic E-state index is 11.9. The summed E-state index contributed by atoms with van der Waals surface area (Å²) in [6.07, 6.45) is 11.3. The molecule has 6 nitrogen and oxygen atoms in total. The van der Waals surface area contributed by atoms with Crippen LogP contribution in [-0.2, 0) is 19.6 Å². The van der Waals surface area contributed by atoms with Crippen LogP contribution < -0.4 is 0 Å². The van der Waals surface area contributed by atoms with E-state index in [1.54, 1.807) is 6.07 Å². The van der Waals surface area contributed by atoms with Crippen LogP contribution in [-0.4, -0.2) is 49.4 Å². The van der Waals surface area contributed by atoms with Gasteiger partial charge in [0.2, 0.25) is 0 Å². The second-order valence-electron chi connectivity index (χ2n) is 11.7. The van der Waals surface area contributed by atoms with Gasteiger partial charge in [0.05, 0.1) is 22.9 Å². The minimum atomic E-state index is -0.865. The molecule has 2 aromatic heterocycles. The summed E-state index contributed by atoms with van der Waals surface area (Å²) in [6.45, 7) is 4.47. The molecule has 2 aliphatic heterocycles. The van der Waals surface area contributed by atoms with Crippen molar-refractivity contribution in [3.63, 3.8) is 0 Å². The standard InChI is InChI=1S/C32H37N3O3/c36-24-9-5-14-33(20-24)18-23-19-34-15-6-16-35-28-17-22(32(37)38)12-13-26(28)29(21-7-2-1-3-8-21)31(35)27-11-4-10-25(23)30(27)34/h4,10-13,17,19,21,24,36H,1-3,5-9,14-16,18,20H2,(H,37,38). The SMILES string of the molecule is O=C(O)c1ccc2c(C3CCCCC3)c3n(c2c1)CCCn1cc(CN2CCCC(O)C2)c2cccc-3c21. The summed E-state index contributed by atoms with van der Waals surface area (Å²) in [5.41, 5.74) is 8.09. The summed E-state index contributed by atoms with van der Waals surface area (Å²) in [5.74, 6) is -0.360. The van der Waals surface area contributed by atoms with E-state index in [9.17, 15) is 15.0 Å². The van der Waals surface area contributed by atoms with Gasteiger partial charge in [-0.25, -0.2) is 4.79 Å². The lowest BCUT2D eigenvalue weighted by Gasteiger charge is -2.29. The Bertz CT molecular complexity index is 1520. The normalized spacial score (nSPS) is 20.9. The molecule has 0 spiro atoms. The van der Waals surface area contributed by atoms with Crippen molar-refractivity contribution in [3.05, 3.63) is 59.3 Å². The van der Waals surface area contributed by atoms with Crippen molar-refractivity contribution in [1.29, 1.82) is 0 Å². The van der Waals surface area contributed by atoms with Crippen LogP contribution in [0.1, 0.15) is 78.8 Å². The first-order valence-electron chi connectivity index (χ1n) is 14.5. The van der Waals surface area contributed by atoms with Crippen LogP contribution >= 0.6 is 0 Å². The number of hydrogen-bond acceptors (Lipinski definition) is 3. The number of carbonyl (C=O) groups is 1. The van der Waals surface area contributed by atoms with Gasteiger partial charge in [-0.15, -0.1) is 0 Å². The first-order valence-corrected chi connectivity index (χ1v) is 14.5. The Balaban J connectivity index is 1.45. The van der Waals surface area contributed by atoms with Gasteiger partial charge in [-0.3, -0.25) is 4.90 Å². The van der Waals surface area contributed by atoms with Crippen LogP contribution in [0.2, 0.25) is 0 Å². The highest BCUT2D eigenvalue weighted by Gasteiger charge is 2.30. The number of aromatic carboxylic acids is 1. The van der Waals surface area contributed by atoms with E-state index in [0.717, 1.165) is 57.5 Å². The highest BCUT2D eigenvalue weighted by molar-refractivity contribution is 6.03. The Morgan fingerprint density at radius 2 is 1.79 bits per heavy atom. The zero-order valence-electron chi connectivity index (χ0n) is 22.0. The number of aliphatic hydroxyl groups is 1. The zero-order valence-corrected chi connectivity index (χ0v) is 22.0. The van der Waals surface area contributed by atoms with Crippen LogP contribution in [0.25, 0.3) is 33.1 Å². The third-order valence-electron chi connectivity index (χ3n) is 9.26. The van der Waals surface area contributed by atoms with E-state index in [1.165, 1.54) is 70.8 Å². The van der Waals surface area contributed by atoms with Crippen molar-refractivity contribution < 1.29 is 15.0 Å². The lowest BCUT2D eigenvalue weighted by atomic mass is 9.81. The Morgan fingerprint density at radius 3 is 2.61 bits per heavy atom. The summed E-state index contributed by atoms with van der Waals surface area (Å²) in [4.78, 5) is 14.3. The molecule has 1 saturated carbocycles. The average Bonchev–Trinajstić information content (AvgIpc) is 3.43. The van der Waals surface area contributed by atoms with Crippen molar-refractivity contribution in [2.24, 2.45) is 0 Å². The Morgan fingerprint density at radius 1 is 0.921 bits per heavy atom. The number of aromatic nitrogens is 2. The summed E-state index contributed by atoms with van der Waals surface area (Å²) >= 11 is 0. The number of fused-ring (bicyclic) bond motifs is 4. The molecule has 2 fully saturated rings. The maximum absolute atomic E-state index is 11.9. The highest BCUT2D eigenvalue weighted by atomic mass is 16.4. The predicted molar refractivity (Wildman–Crippen MR) is 151 cm³/mol. The van der Waals surface area contributed by atoms with Gasteiger partial charge < -0.3 is 19.3 Å². The average molecular weight is 512 g/mol. The topological polar surface area (TPSA) is 70.6 Å². The molecule has 2 aromatic carbocycles. The van der Waals surface area contributed by atoms with E-state index in [2.05, 4.69) is 44.5 Å². The van der Waals surface area contributed by atoms with Crippen LogP contribution in [0.3, 0.4) is 0 Å². The van der Waals surface area contributed by atoms with Crippen molar-refractivity contribution >= 4 is 27.8 Å². The van der Waals surface area contributed by atoms with Gasteiger partial charge >= 0.3 is 5.97 Å². The molecule has 1 atom stereocenters. The smallest absolute Gasteiger partial charge is 0.335 e. The second-order valence-corrected chi connectivity index (χ2v) is 11.7. The monoisotopic (exact) mass is 511 g/mol. The van der Waals surface area contributed by atoms with Gasteiger partial charge in [-0.2, -0.15) is 0 Å². The van der Waals surface area contributed by atoms with E-state index in [1.807, 2.05) is 6.07 Å².